The predicted octanol–water partition coefficient (Wildman–Crippen LogP) is 3.03. The highest BCUT2D eigenvalue weighted by molar-refractivity contribution is 7.17. The fraction of sp³-hybridized carbons (Fsp3) is 0.250. The van der Waals surface area contributed by atoms with Crippen molar-refractivity contribution in [1.29, 1.82) is 5.26 Å². The normalized spacial score (nSPS) is 12.9. The number of rotatable bonds is 2. The Morgan fingerprint density at radius 3 is 2.73 bits per heavy atom. The second kappa shape index (κ2) is 4.01. The van der Waals surface area contributed by atoms with Gasteiger partial charge in [0.05, 0.1) is 6.07 Å². The SMILES string of the molecule is CN(C)C(C#N)c1csc2ccccc12. The van der Waals surface area contributed by atoms with E-state index >= 15 is 0 Å². The lowest BCUT2D eigenvalue weighted by Gasteiger charge is -2.16. The number of nitriles is 1. The Labute approximate surface area is 93.4 Å². The molecule has 0 N–H and O–H groups in total. The summed E-state index contributed by atoms with van der Waals surface area (Å²) in [6.45, 7) is 0. The third kappa shape index (κ3) is 1.74. The van der Waals surface area contributed by atoms with Crippen molar-refractivity contribution in [3.63, 3.8) is 0 Å². The molecule has 0 amide bonds. The van der Waals surface area contributed by atoms with E-state index in [1.54, 1.807) is 11.3 Å². The van der Waals surface area contributed by atoms with Gasteiger partial charge in [-0.3, -0.25) is 4.90 Å². The summed E-state index contributed by atoms with van der Waals surface area (Å²) in [5.74, 6) is 0. The van der Waals surface area contributed by atoms with E-state index in [-0.39, 0.29) is 6.04 Å². The lowest BCUT2D eigenvalue weighted by Crippen LogP contribution is -2.17. The van der Waals surface area contributed by atoms with Crippen LogP contribution < -0.4 is 0 Å². The molecule has 1 aromatic carbocycles. The van der Waals surface area contributed by atoms with Crippen molar-refractivity contribution >= 4 is 21.4 Å². The van der Waals surface area contributed by atoms with Gasteiger partial charge in [-0.25, -0.2) is 0 Å². The molecule has 76 valence electrons. The minimum absolute atomic E-state index is 0.152. The number of thiophene rings is 1. The molecule has 2 rings (SSSR count). The molecule has 0 spiro atoms. The van der Waals surface area contributed by atoms with Gasteiger partial charge in [0, 0.05) is 10.3 Å². The topological polar surface area (TPSA) is 27.0 Å². The van der Waals surface area contributed by atoms with Crippen molar-refractivity contribution < 1.29 is 0 Å². The summed E-state index contributed by atoms with van der Waals surface area (Å²) in [7, 11) is 3.86. The number of hydrogen-bond acceptors (Lipinski definition) is 3. The molecule has 0 aliphatic carbocycles. The molecule has 0 bridgehead atoms. The van der Waals surface area contributed by atoms with Gasteiger partial charge in [0.2, 0.25) is 0 Å². The van der Waals surface area contributed by atoms with Crippen LogP contribution in [-0.4, -0.2) is 19.0 Å². The van der Waals surface area contributed by atoms with Crippen LogP contribution in [0.3, 0.4) is 0 Å². The Kier molecular flexibility index (Phi) is 2.72. The Balaban J connectivity index is 2.57. The molecule has 1 aromatic heterocycles. The molecule has 0 aliphatic rings. The molecule has 15 heavy (non-hydrogen) atoms. The Morgan fingerprint density at radius 2 is 2.07 bits per heavy atom. The predicted molar refractivity (Wildman–Crippen MR) is 63.9 cm³/mol. The van der Waals surface area contributed by atoms with E-state index in [0.717, 1.165) is 5.56 Å². The molecular weight excluding hydrogens is 204 g/mol. The van der Waals surface area contributed by atoms with E-state index < -0.39 is 0 Å². The fourth-order valence-corrected chi connectivity index (χ4v) is 2.65. The largest absolute Gasteiger partial charge is 0.290 e. The molecule has 1 atom stereocenters. The van der Waals surface area contributed by atoms with E-state index in [4.69, 9.17) is 5.26 Å². The summed E-state index contributed by atoms with van der Waals surface area (Å²) in [5, 5.41) is 12.4. The number of fused-ring (bicyclic) bond motifs is 1. The van der Waals surface area contributed by atoms with Crippen LogP contribution in [0.1, 0.15) is 11.6 Å². The van der Waals surface area contributed by atoms with Crippen LogP contribution in [0.4, 0.5) is 0 Å². The molecule has 2 nitrogen and oxygen atoms in total. The first-order valence-electron chi connectivity index (χ1n) is 4.76. The zero-order valence-corrected chi connectivity index (χ0v) is 9.58. The van der Waals surface area contributed by atoms with Crippen molar-refractivity contribution in [2.45, 2.75) is 6.04 Å². The van der Waals surface area contributed by atoms with Gasteiger partial charge in [-0.05, 0) is 30.9 Å². The zero-order chi connectivity index (χ0) is 10.8. The number of nitrogens with zero attached hydrogens (tertiary/aromatic N) is 2. The van der Waals surface area contributed by atoms with Crippen molar-refractivity contribution in [2.24, 2.45) is 0 Å². The van der Waals surface area contributed by atoms with E-state index in [0.29, 0.717) is 0 Å². The standard InChI is InChI=1S/C12H12N2S/c1-14(2)11(7-13)10-8-15-12-6-4-3-5-9(10)12/h3-6,8,11H,1-2H3. The average molecular weight is 216 g/mol. The van der Waals surface area contributed by atoms with Crippen LogP contribution in [0.2, 0.25) is 0 Å². The zero-order valence-electron chi connectivity index (χ0n) is 8.77. The lowest BCUT2D eigenvalue weighted by molar-refractivity contribution is 0.360. The number of benzene rings is 1. The second-order valence-electron chi connectivity index (χ2n) is 3.68. The maximum Gasteiger partial charge on any atom is 0.124 e. The van der Waals surface area contributed by atoms with E-state index in [9.17, 15) is 0 Å². The minimum Gasteiger partial charge on any atom is -0.290 e. The maximum absolute atomic E-state index is 9.14. The van der Waals surface area contributed by atoms with E-state index in [1.165, 1.54) is 10.1 Å². The molecule has 3 heteroatoms. The van der Waals surface area contributed by atoms with Gasteiger partial charge < -0.3 is 0 Å². The second-order valence-corrected chi connectivity index (χ2v) is 4.59. The van der Waals surface area contributed by atoms with Crippen LogP contribution in [0.25, 0.3) is 10.1 Å². The number of hydrogen-bond donors (Lipinski definition) is 0. The highest BCUT2D eigenvalue weighted by Crippen LogP contribution is 2.31. The summed E-state index contributed by atoms with van der Waals surface area (Å²) in [4.78, 5) is 1.94. The van der Waals surface area contributed by atoms with Crippen molar-refractivity contribution in [2.75, 3.05) is 14.1 Å². The van der Waals surface area contributed by atoms with Crippen LogP contribution in [0, 0.1) is 11.3 Å². The van der Waals surface area contributed by atoms with Gasteiger partial charge in [-0.1, -0.05) is 18.2 Å². The monoisotopic (exact) mass is 216 g/mol. The Morgan fingerprint density at radius 1 is 1.33 bits per heavy atom. The summed E-state index contributed by atoms with van der Waals surface area (Å²) in [6, 6.07) is 10.4. The third-order valence-corrected chi connectivity index (χ3v) is 3.43. The quantitative estimate of drug-likeness (QED) is 0.771. The van der Waals surface area contributed by atoms with Crippen molar-refractivity contribution in [1.82, 2.24) is 4.90 Å². The smallest absolute Gasteiger partial charge is 0.124 e. The molecule has 0 fully saturated rings. The van der Waals surface area contributed by atoms with E-state index in [2.05, 4.69) is 23.6 Å². The van der Waals surface area contributed by atoms with Gasteiger partial charge in [0.25, 0.3) is 0 Å². The van der Waals surface area contributed by atoms with Gasteiger partial charge in [-0.2, -0.15) is 5.26 Å². The fourth-order valence-electron chi connectivity index (χ4n) is 1.67. The molecule has 0 radical (unpaired) electrons. The molecule has 2 aromatic rings. The molecule has 1 unspecified atom stereocenters. The van der Waals surface area contributed by atoms with E-state index in [1.807, 2.05) is 31.1 Å². The average Bonchev–Trinajstić information content (AvgIpc) is 2.63. The van der Waals surface area contributed by atoms with Crippen LogP contribution in [-0.2, 0) is 0 Å². The molecule has 0 saturated carbocycles. The van der Waals surface area contributed by atoms with Gasteiger partial charge in [-0.15, -0.1) is 11.3 Å². The van der Waals surface area contributed by atoms with Gasteiger partial charge in [0.1, 0.15) is 6.04 Å². The Bertz CT molecular complexity index is 508. The van der Waals surface area contributed by atoms with Gasteiger partial charge >= 0.3 is 0 Å². The molecule has 1 heterocycles. The summed E-state index contributed by atoms with van der Waals surface area (Å²) in [6.07, 6.45) is 0. The lowest BCUT2D eigenvalue weighted by atomic mass is 10.1. The molecule has 0 saturated heterocycles. The first-order chi connectivity index (χ1) is 7.24. The Hall–Kier alpha value is -1.37. The third-order valence-electron chi connectivity index (χ3n) is 2.44. The first-order valence-corrected chi connectivity index (χ1v) is 5.64. The van der Waals surface area contributed by atoms with Crippen LogP contribution in [0.15, 0.2) is 29.6 Å². The van der Waals surface area contributed by atoms with Crippen LogP contribution >= 0.6 is 11.3 Å². The highest BCUT2D eigenvalue weighted by Gasteiger charge is 2.16. The van der Waals surface area contributed by atoms with Crippen molar-refractivity contribution in [3.05, 3.63) is 35.2 Å². The maximum atomic E-state index is 9.14. The molecular formula is C12H12N2S. The van der Waals surface area contributed by atoms with Crippen LogP contribution in [0.5, 0.6) is 0 Å². The summed E-state index contributed by atoms with van der Waals surface area (Å²) in [5.41, 5.74) is 1.11. The summed E-state index contributed by atoms with van der Waals surface area (Å²) < 4.78 is 1.25. The minimum atomic E-state index is -0.152. The highest BCUT2D eigenvalue weighted by atomic mass is 32.1. The van der Waals surface area contributed by atoms with Gasteiger partial charge in [0.15, 0.2) is 0 Å². The molecule has 0 aliphatic heterocycles. The summed E-state index contributed by atoms with van der Waals surface area (Å²) >= 11 is 1.70. The van der Waals surface area contributed by atoms with Crippen molar-refractivity contribution in [3.8, 4) is 6.07 Å². The first kappa shape index (κ1) is 10.2.